The van der Waals surface area contributed by atoms with Crippen LogP contribution < -0.4 is 0 Å². The van der Waals surface area contributed by atoms with E-state index in [2.05, 4.69) is 33.6 Å². The number of carbonyl (C=O) groups is 1. The van der Waals surface area contributed by atoms with E-state index in [0.29, 0.717) is 12.2 Å². The van der Waals surface area contributed by atoms with Gasteiger partial charge in [0.2, 0.25) is 0 Å². The van der Waals surface area contributed by atoms with E-state index in [9.17, 15) is 4.79 Å². The van der Waals surface area contributed by atoms with Crippen LogP contribution in [0.4, 0.5) is 0 Å². The molecule has 0 radical (unpaired) electrons. The molecule has 0 fully saturated rings. The van der Waals surface area contributed by atoms with E-state index in [1.807, 2.05) is 29.2 Å². The zero-order chi connectivity index (χ0) is 15.6. The van der Waals surface area contributed by atoms with Crippen LogP contribution in [0.15, 0.2) is 54.1 Å². The normalized spacial score (nSPS) is 14.8. The van der Waals surface area contributed by atoms with Gasteiger partial charge in [0.05, 0.1) is 17.2 Å². The molecule has 3 aromatic rings. The maximum Gasteiger partial charge on any atom is 0.274 e. The Hall–Kier alpha value is -2.53. The number of amides is 1. The average molecular weight is 321 g/mol. The predicted octanol–water partition coefficient (Wildman–Crippen LogP) is 3.62. The zero-order valence-electron chi connectivity index (χ0n) is 12.5. The molecule has 1 amide bonds. The van der Waals surface area contributed by atoms with Crippen molar-refractivity contribution in [3.05, 3.63) is 64.6 Å². The van der Waals surface area contributed by atoms with Crippen LogP contribution in [0.5, 0.6) is 0 Å². The molecule has 2 aromatic heterocycles. The lowest BCUT2D eigenvalue weighted by molar-refractivity contribution is 0.0767. The van der Waals surface area contributed by atoms with E-state index in [-0.39, 0.29) is 5.91 Å². The van der Waals surface area contributed by atoms with Gasteiger partial charge < -0.3 is 4.90 Å². The molecule has 0 saturated carbocycles. The maximum atomic E-state index is 12.6. The highest BCUT2D eigenvalue weighted by Crippen LogP contribution is 2.26. The Morgan fingerprint density at radius 1 is 1.13 bits per heavy atom. The van der Waals surface area contributed by atoms with E-state index >= 15 is 0 Å². The van der Waals surface area contributed by atoms with Crippen LogP contribution >= 0.6 is 11.3 Å². The summed E-state index contributed by atoms with van der Waals surface area (Å²) in [6.45, 7) is 1.34. The summed E-state index contributed by atoms with van der Waals surface area (Å²) in [4.78, 5) is 24.5. The second kappa shape index (κ2) is 5.93. The molecular formula is C18H15N3OS. The maximum absolute atomic E-state index is 12.6. The van der Waals surface area contributed by atoms with Gasteiger partial charge in [-0.15, -0.1) is 11.3 Å². The van der Waals surface area contributed by atoms with E-state index in [4.69, 9.17) is 0 Å². The summed E-state index contributed by atoms with van der Waals surface area (Å²) >= 11 is 1.74. The molecule has 0 aliphatic carbocycles. The number of para-hydroxylation sites is 2. The van der Waals surface area contributed by atoms with E-state index in [0.717, 1.165) is 24.0 Å². The third kappa shape index (κ3) is 2.75. The third-order valence-corrected chi connectivity index (χ3v) is 4.95. The van der Waals surface area contributed by atoms with Crippen LogP contribution in [-0.4, -0.2) is 33.9 Å². The van der Waals surface area contributed by atoms with Crippen molar-refractivity contribution in [3.63, 3.8) is 0 Å². The topological polar surface area (TPSA) is 46.1 Å². The Kier molecular flexibility index (Phi) is 3.63. The van der Waals surface area contributed by atoms with E-state index in [1.54, 1.807) is 17.5 Å². The Bertz CT molecular complexity index is 886. The number of hydrogen-bond donors (Lipinski definition) is 0. The van der Waals surface area contributed by atoms with Crippen LogP contribution in [0.25, 0.3) is 16.6 Å². The number of rotatable bonds is 2. The number of thiophene rings is 1. The lowest BCUT2D eigenvalue weighted by Gasteiger charge is -2.25. The van der Waals surface area contributed by atoms with Crippen molar-refractivity contribution < 1.29 is 4.79 Å². The van der Waals surface area contributed by atoms with Gasteiger partial charge in [-0.3, -0.25) is 9.78 Å². The number of nitrogens with zero attached hydrogens (tertiary/aromatic N) is 3. The van der Waals surface area contributed by atoms with Crippen molar-refractivity contribution in [1.82, 2.24) is 14.9 Å². The van der Waals surface area contributed by atoms with Gasteiger partial charge in [-0.2, -0.15) is 0 Å². The summed E-state index contributed by atoms with van der Waals surface area (Å²) in [6.07, 6.45) is 4.60. The molecule has 0 saturated heterocycles. The minimum Gasteiger partial charge on any atom is -0.333 e. The Balaban J connectivity index is 1.55. The van der Waals surface area contributed by atoms with Gasteiger partial charge in [-0.1, -0.05) is 24.3 Å². The molecule has 1 aliphatic rings. The third-order valence-electron chi connectivity index (χ3n) is 4.00. The average Bonchev–Trinajstić information content (AvgIpc) is 3.15. The fourth-order valence-electron chi connectivity index (χ4n) is 2.76. The van der Waals surface area contributed by atoms with Gasteiger partial charge in [0, 0.05) is 18.0 Å². The van der Waals surface area contributed by atoms with E-state index in [1.165, 1.54) is 10.5 Å². The highest BCUT2D eigenvalue weighted by Gasteiger charge is 2.21. The molecule has 1 aromatic carbocycles. The monoisotopic (exact) mass is 321 g/mol. The van der Waals surface area contributed by atoms with Gasteiger partial charge in [0.15, 0.2) is 0 Å². The first-order valence-electron chi connectivity index (χ1n) is 7.55. The molecule has 1 aliphatic heterocycles. The Morgan fingerprint density at radius 3 is 2.74 bits per heavy atom. The van der Waals surface area contributed by atoms with Crippen molar-refractivity contribution in [2.24, 2.45) is 0 Å². The highest BCUT2D eigenvalue weighted by molar-refractivity contribution is 7.11. The van der Waals surface area contributed by atoms with Gasteiger partial charge in [0.1, 0.15) is 5.69 Å². The number of fused-ring (bicyclic) bond motifs is 1. The summed E-state index contributed by atoms with van der Waals surface area (Å²) in [5, 5.41) is 2.08. The fourth-order valence-corrected chi connectivity index (χ4v) is 3.56. The first-order valence-corrected chi connectivity index (χ1v) is 8.43. The molecule has 3 heterocycles. The molecule has 0 unspecified atom stereocenters. The molecule has 4 rings (SSSR count). The Morgan fingerprint density at radius 2 is 2.00 bits per heavy atom. The molecule has 0 bridgehead atoms. The van der Waals surface area contributed by atoms with Crippen LogP contribution in [0.2, 0.25) is 0 Å². The van der Waals surface area contributed by atoms with Gasteiger partial charge in [0.25, 0.3) is 5.91 Å². The minimum absolute atomic E-state index is 0.0512. The quantitative estimate of drug-likeness (QED) is 0.724. The molecule has 4 nitrogen and oxygen atoms in total. The molecule has 5 heteroatoms. The van der Waals surface area contributed by atoms with Crippen molar-refractivity contribution in [2.45, 2.75) is 6.42 Å². The van der Waals surface area contributed by atoms with Gasteiger partial charge in [-0.25, -0.2) is 4.98 Å². The van der Waals surface area contributed by atoms with Crippen molar-refractivity contribution in [3.8, 4) is 0 Å². The SMILES string of the molecule is O=C(c1cnc2ccccc2n1)N1CC=C(c2cccs2)CC1. The minimum atomic E-state index is -0.0512. The van der Waals surface area contributed by atoms with E-state index < -0.39 is 0 Å². The fraction of sp³-hybridized carbons (Fsp3) is 0.167. The first kappa shape index (κ1) is 14.1. The van der Waals surface area contributed by atoms with Crippen LogP contribution in [0.1, 0.15) is 21.8 Å². The molecule has 23 heavy (non-hydrogen) atoms. The summed E-state index contributed by atoms with van der Waals surface area (Å²) < 4.78 is 0. The Labute approximate surface area is 138 Å². The number of hydrogen-bond acceptors (Lipinski definition) is 4. The molecule has 0 atom stereocenters. The smallest absolute Gasteiger partial charge is 0.274 e. The second-order valence-electron chi connectivity index (χ2n) is 5.45. The standard InChI is InChI=1S/C18H15N3OS/c22-18(16-12-19-14-4-1-2-5-15(14)20-16)21-9-7-13(8-10-21)17-6-3-11-23-17/h1-7,11-12H,8-10H2. The van der Waals surface area contributed by atoms with Crippen LogP contribution in [-0.2, 0) is 0 Å². The van der Waals surface area contributed by atoms with Gasteiger partial charge >= 0.3 is 0 Å². The summed E-state index contributed by atoms with van der Waals surface area (Å²) in [6, 6.07) is 11.8. The molecule has 0 N–H and O–H groups in total. The summed E-state index contributed by atoms with van der Waals surface area (Å²) in [5.41, 5.74) is 3.30. The van der Waals surface area contributed by atoms with Crippen molar-refractivity contribution >= 4 is 33.9 Å². The van der Waals surface area contributed by atoms with Crippen molar-refractivity contribution in [1.29, 1.82) is 0 Å². The second-order valence-corrected chi connectivity index (χ2v) is 6.40. The number of carbonyl (C=O) groups excluding carboxylic acids is 1. The number of benzene rings is 1. The molecular weight excluding hydrogens is 306 g/mol. The predicted molar refractivity (Wildman–Crippen MR) is 92.4 cm³/mol. The van der Waals surface area contributed by atoms with Gasteiger partial charge in [-0.05, 0) is 35.6 Å². The summed E-state index contributed by atoms with van der Waals surface area (Å²) in [7, 11) is 0. The highest BCUT2D eigenvalue weighted by atomic mass is 32.1. The summed E-state index contributed by atoms with van der Waals surface area (Å²) in [5.74, 6) is -0.0512. The molecule has 0 spiro atoms. The number of aromatic nitrogens is 2. The molecule has 114 valence electrons. The first-order chi connectivity index (χ1) is 11.3. The van der Waals surface area contributed by atoms with Crippen LogP contribution in [0, 0.1) is 0 Å². The lowest BCUT2D eigenvalue weighted by atomic mass is 10.1. The zero-order valence-corrected chi connectivity index (χ0v) is 13.3. The lowest BCUT2D eigenvalue weighted by Crippen LogP contribution is -2.35. The van der Waals surface area contributed by atoms with Crippen molar-refractivity contribution in [2.75, 3.05) is 13.1 Å². The largest absolute Gasteiger partial charge is 0.333 e. The van der Waals surface area contributed by atoms with Crippen LogP contribution in [0.3, 0.4) is 0 Å².